The van der Waals surface area contributed by atoms with Crippen LogP contribution < -0.4 is 0 Å². The van der Waals surface area contributed by atoms with Gasteiger partial charge in [-0.15, -0.1) is 0 Å². The summed E-state index contributed by atoms with van der Waals surface area (Å²) < 4.78 is 12.8. The Balaban J connectivity index is 1.65. The SMILES string of the molecule is CCc1ccc(CC[C@H]2CC[C@H](CC/C=C(\F)C#N)CC2)cc1. The summed E-state index contributed by atoms with van der Waals surface area (Å²) in [7, 11) is 0. The third-order valence-electron chi connectivity index (χ3n) is 5.24. The van der Waals surface area contributed by atoms with E-state index in [0.29, 0.717) is 6.42 Å². The van der Waals surface area contributed by atoms with Gasteiger partial charge >= 0.3 is 0 Å². The molecule has 1 aliphatic carbocycles. The van der Waals surface area contributed by atoms with E-state index in [-0.39, 0.29) is 0 Å². The van der Waals surface area contributed by atoms with Gasteiger partial charge in [0.15, 0.2) is 5.83 Å². The maximum Gasteiger partial charge on any atom is 0.196 e. The highest BCUT2D eigenvalue weighted by Crippen LogP contribution is 2.34. The average molecular weight is 313 g/mol. The fourth-order valence-corrected chi connectivity index (χ4v) is 3.61. The van der Waals surface area contributed by atoms with Crippen molar-refractivity contribution < 1.29 is 4.39 Å². The van der Waals surface area contributed by atoms with E-state index in [1.54, 1.807) is 6.07 Å². The molecule has 0 aliphatic heterocycles. The van der Waals surface area contributed by atoms with Crippen LogP contribution in [0.25, 0.3) is 0 Å². The van der Waals surface area contributed by atoms with Crippen LogP contribution in [0, 0.1) is 23.2 Å². The van der Waals surface area contributed by atoms with Crippen LogP contribution in [0.15, 0.2) is 36.2 Å². The van der Waals surface area contributed by atoms with Gasteiger partial charge in [0.2, 0.25) is 0 Å². The summed E-state index contributed by atoms with van der Waals surface area (Å²) in [5.41, 5.74) is 2.87. The Morgan fingerprint density at radius 3 is 2.22 bits per heavy atom. The number of allylic oxidation sites excluding steroid dienone is 2. The van der Waals surface area contributed by atoms with Crippen LogP contribution in [0.1, 0.15) is 63.0 Å². The maximum atomic E-state index is 12.8. The molecule has 23 heavy (non-hydrogen) atoms. The first-order chi connectivity index (χ1) is 11.2. The van der Waals surface area contributed by atoms with Gasteiger partial charge in [0.1, 0.15) is 6.07 Å². The van der Waals surface area contributed by atoms with Gasteiger partial charge in [-0.25, -0.2) is 0 Å². The summed E-state index contributed by atoms with van der Waals surface area (Å²) >= 11 is 0. The molecule has 1 saturated carbocycles. The summed E-state index contributed by atoms with van der Waals surface area (Å²) in [5.74, 6) is 0.939. The van der Waals surface area contributed by atoms with Crippen molar-refractivity contribution in [2.75, 3.05) is 0 Å². The van der Waals surface area contributed by atoms with Crippen LogP contribution >= 0.6 is 0 Å². The van der Waals surface area contributed by atoms with E-state index < -0.39 is 5.83 Å². The van der Waals surface area contributed by atoms with Crippen molar-refractivity contribution in [2.24, 2.45) is 11.8 Å². The van der Waals surface area contributed by atoms with Crippen molar-refractivity contribution in [2.45, 2.75) is 64.7 Å². The Morgan fingerprint density at radius 1 is 1.09 bits per heavy atom. The zero-order valence-corrected chi connectivity index (χ0v) is 14.2. The molecule has 1 aromatic carbocycles. The van der Waals surface area contributed by atoms with Gasteiger partial charge in [-0.05, 0) is 61.1 Å². The summed E-state index contributed by atoms with van der Waals surface area (Å²) in [6.07, 6.45) is 11.9. The number of hydrogen-bond donors (Lipinski definition) is 0. The highest BCUT2D eigenvalue weighted by atomic mass is 19.1. The molecule has 2 rings (SSSR count). The minimum absolute atomic E-state index is 0.632. The topological polar surface area (TPSA) is 23.8 Å². The van der Waals surface area contributed by atoms with Gasteiger partial charge in [-0.3, -0.25) is 0 Å². The van der Waals surface area contributed by atoms with E-state index >= 15 is 0 Å². The third kappa shape index (κ3) is 6.18. The molecule has 0 amide bonds. The lowest BCUT2D eigenvalue weighted by atomic mass is 9.78. The third-order valence-corrected chi connectivity index (χ3v) is 5.24. The van der Waals surface area contributed by atoms with E-state index in [9.17, 15) is 4.39 Å². The van der Waals surface area contributed by atoms with Crippen molar-refractivity contribution in [1.29, 1.82) is 5.26 Å². The number of nitriles is 1. The number of rotatable bonds is 7. The predicted octanol–water partition coefficient (Wildman–Crippen LogP) is 6.15. The zero-order chi connectivity index (χ0) is 16.5. The fraction of sp³-hybridized carbons (Fsp3) is 0.571. The second-order valence-corrected chi connectivity index (χ2v) is 6.84. The van der Waals surface area contributed by atoms with Gasteiger partial charge in [-0.2, -0.15) is 9.65 Å². The molecule has 124 valence electrons. The van der Waals surface area contributed by atoms with Crippen molar-refractivity contribution >= 4 is 0 Å². The van der Waals surface area contributed by atoms with Gasteiger partial charge in [0.05, 0.1) is 0 Å². The minimum atomic E-state index is -0.632. The van der Waals surface area contributed by atoms with Crippen molar-refractivity contribution in [3.05, 3.63) is 47.3 Å². The number of nitrogens with zero attached hydrogens (tertiary/aromatic N) is 1. The Bertz CT molecular complexity index is 530. The molecule has 0 unspecified atom stereocenters. The summed E-state index contributed by atoms with van der Waals surface area (Å²) in [5, 5.41) is 8.40. The van der Waals surface area contributed by atoms with E-state index in [2.05, 4.69) is 31.2 Å². The van der Waals surface area contributed by atoms with Gasteiger partial charge in [0.25, 0.3) is 0 Å². The van der Waals surface area contributed by atoms with Crippen LogP contribution in [0.5, 0.6) is 0 Å². The maximum absolute atomic E-state index is 12.8. The van der Waals surface area contributed by atoms with Crippen molar-refractivity contribution in [3.8, 4) is 6.07 Å². The molecule has 0 saturated heterocycles. The lowest BCUT2D eigenvalue weighted by Crippen LogP contribution is -2.15. The first-order valence-electron chi connectivity index (χ1n) is 9.04. The monoisotopic (exact) mass is 313 g/mol. The average Bonchev–Trinajstić information content (AvgIpc) is 2.61. The first-order valence-corrected chi connectivity index (χ1v) is 9.04. The van der Waals surface area contributed by atoms with Gasteiger partial charge in [-0.1, -0.05) is 56.9 Å². The molecule has 1 aliphatic rings. The van der Waals surface area contributed by atoms with Crippen LogP contribution in [0.3, 0.4) is 0 Å². The second kappa shape index (κ2) is 9.50. The molecule has 1 nitrogen and oxygen atoms in total. The largest absolute Gasteiger partial charge is 0.196 e. The number of halogens is 1. The summed E-state index contributed by atoms with van der Waals surface area (Å²) in [6.45, 7) is 2.19. The summed E-state index contributed by atoms with van der Waals surface area (Å²) in [6, 6.07) is 10.6. The molecule has 0 spiro atoms. The Labute approximate surface area is 140 Å². The van der Waals surface area contributed by atoms with Gasteiger partial charge in [0, 0.05) is 0 Å². The number of benzene rings is 1. The lowest BCUT2D eigenvalue weighted by Gasteiger charge is -2.28. The molecule has 1 fully saturated rings. The van der Waals surface area contributed by atoms with Crippen molar-refractivity contribution in [3.63, 3.8) is 0 Å². The highest BCUT2D eigenvalue weighted by molar-refractivity contribution is 5.22. The van der Waals surface area contributed by atoms with Gasteiger partial charge < -0.3 is 0 Å². The summed E-state index contributed by atoms with van der Waals surface area (Å²) in [4.78, 5) is 0. The second-order valence-electron chi connectivity index (χ2n) is 6.84. The van der Waals surface area contributed by atoms with E-state index in [0.717, 1.165) is 24.7 Å². The Hall–Kier alpha value is -1.62. The molecule has 1 aromatic rings. The smallest absolute Gasteiger partial charge is 0.195 e. The van der Waals surface area contributed by atoms with Crippen molar-refractivity contribution in [1.82, 2.24) is 0 Å². The van der Waals surface area contributed by atoms with Crippen LogP contribution in [0.2, 0.25) is 0 Å². The molecule has 0 heterocycles. The Kier molecular flexibility index (Phi) is 7.33. The molecular formula is C21H28FN. The molecule has 0 N–H and O–H groups in total. The lowest BCUT2D eigenvalue weighted by molar-refractivity contribution is 0.254. The van der Waals surface area contributed by atoms with E-state index in [1.165, 1.54) is 55.7 Å². The first kappa shape index (κ1) is 17.7. The molecule has 0 bridgehead atoms. The number of hydrogen-bond acceptors (Lipinski definition) is 1. The van der Waals surface area contributed by atoms with Crippen LogP contribution in [0.4, 0.5) is 4.39 Å². The normalized spacial score (nSPS) is 21.9. The molecular weight excluding hydrogens is 285 g/mol. The minimum Gasteiger partial charge on any atom is -0.195 e. The number of aryl methyl sites for hydroxylation is 2. The van der Waals surface area contributed by atoms with E-state index in [1.807, 2.05) is 0 Å². The molecule has 0 aromatic heterocycles. The van der Waals surface area contributed by atoms with Crippen LogP contribution in [-0.2, 0) is 12.8 Å². The zero-order valence-electron chi connectivity index (χ0n) is 14.2. The predicted molar refractivity (Wildman–Crippen MR) is 93.6 cm³/mol. The Morgan fingerprint density at radius 2 is 1.65 bits per heavy atom. The highest BCUT2D eigenvalue weighted by Gasteiger charge is 2.20. The molecule has 2 heteroatoms. The standard InChI is InChI=1S/C21H28FN/c1-2-17-6-8-19(9-7-17)14-15-20-12-10-18(11-13-20)4-3-5-21(22)16-23/h5-9,18,20H,2-4,10-15H2,1H3/b21-5-/t18-,20-. The van der Waals surface area contributed by atoms with E-state index in [4.69, 9.17) is 5.26 Å². The quantitative estimate of drug-likeness (QED) is 0.554. The van der Waals surface area contributed by atoms with Crippen LogP contribution in [-0.4, -0.2) is 0 Å². The molecule has 0 atom stereocenters. The molecule has 0 radical (unpaired) electrons. The fourth-order valence-electron chi connectivity index (χ4n) is 3.61.